The van der Waals surface area contributed by atoms with Crippen molar-refractivity contribution >= 4 is 17.0 Å². The van der Waals surface area contributed by atoms with Gasteiger partial charge in [0.25, 0.3) is 0 Å². The fraction of sp³-hybridized carbons (Fsp3) is 0.364. The van der Waals surface area contributed by atoms with E-state index in [1.807, 2.05) is 24.3 Å². The summed E-state index contributed by atoms with van der Waals surface area (Å²) in [5, 5.41) is 6.72. The number of aromatic amines is 1. The average molecular weight is 202 g/mol. The predicted molar refractivity (Wildman–Crippen MR) is 61.0 cm³/mol. The van der Waals surface area contributed by atoms with E-state index >= 15 is 0 Å². The van der Waals surface area contributed by atoms with Crippen LogP contribution in [0.4, 0.5) is 5.95 Å². The normalized spacial score (nSPS) is 20.9. The first-order valence-corrected chi connectivity index (χ1v) is 5.34. The van der Waals surface area contributed by atoms with Crippen molar-refractivity contribution in [2.75, 3.05) is 18.4 Å². The van der Waals surface area contributed by atoms with E-state index in [1.54, 1.807) is 0 Å². The molecule has 2 aromatic rings. The second-order valence-corrected chi connectivity index (χ2v) is 3.94. The van der Waals surface area contributed by atoms with Gasteiger partial charge >= 0.3 is 0 Å². The van der Waals surface area contributed by atoms with Crippen LogP contribution < -0.4 is 10.6 Å². The average Bonchev–Trinajstić information content (AvgIpc) is 2.86. The number of imidazole rings is 1. The van der Waals surface area contributed by atoms with Gasteiger partial charge in [-0.05, 0) is 25.1 Å². The highest BCUT2D eigenvalue weighted by Gasteiger charge is 2.15. The van der Waals surface area contributed by atoms with Crippen LogP contribution in [-0.2, 0) is 0 Å². The minimum Gasteiger partial charge on any atom is -0.352 e. The summed E-state index contributed by atoms with van der Waals surface area (Å²) in [6.45, 7) is 2.12. The van der Waals surface area contributed by atoms with Gasteiger partial charge in [-0.1, -0.05) is 12.1 Å². The lowest BCUT2D eigenvalue weighted by molar-refractivity contribution is 0.784. The summed E-state index contributed by atoms with van der Waals surface area (Å²) in [5.74, 6) is 0.880. The molecule has 1 aliphatic heterocycles. The van der Waals surface area contributed by atoms with E-state index in [9.17, 15) is 0 Å². The fourth-order valence-corrected chi connectivity index (χ4v) is 1.99. The first-order chi connectivity index (χ1) is 7.42. The highest BCUT2D eigenvalue weighted by molar-refractivity contribution is 5.77. The van der Waals surface area contributed by atoms with Crippen LogP contribution >= 0.6 is 0 Å². The third-order valence-electron chi connectivity index (χ3n) is 2.79. The number of anilines is 1. The van der Waals surface area contributed by atoms with Gasteiger partial charge in [-0.15, -0.1) is 0 Å². The number of nitrogens with one attached hydrogen (secondary N) is 3. The van der Waals surface area contributed by atoms with Crippen molar-refractivity contribution in [1.82, 2.24) is 15.3 Å². The molecule has 0 bridgehead atoms. The van der Waals surface area contributed by atoms with Gasteiger partial charge in [0, 0.05) is 12.6 Å². The van der Waals surface area contributed by atoms with Gasteiger partial charge in [0.2, 0.25) is 5.95 Å². The molecule has 4 heteroatoms. The molecule has 0 radical (unpaired) electrons. The van der Waals surface area contributed by atoms with Crippen molar-refractivity contribution in [3.63, 3.8) is 0 Å². The van der Waals surface area contributed by atoms with Crippen molar-refractivity contribution in [2.24, 2.45) is 0 Å². The first-order valence-electron chi connectivity index (χ1n) is 5.34. The SMILES string of the molecule is c1ccc2[nH]c(N[C@H]3CCNC3)nc2c1. The number of fused-ring (bicyclic) bond motifs is 1. The van der Waals surface area contributed by atoms with Crippen LogP contribution in [0.5, 0.6) is 0 Å². The topological polar surface area (TPSA) is 52.7 Å². The Morgan fingerprint density at radius 3 is 3.07 bits per heavy atom. The zero-order valence-electron chi connectivity index (χ0n) is 8.46. The quantitative estimate of drug-likeness (QED) is 0.688. The Hall–Kier alpha value is -1.55. The van der Waals surface area contributed by atoms with Crippen LogP contribution in [0.25, 0.3) is 11.0 Å². The number of nitrogens with zero attached hydrogens (tertiary/aromatic N) is 1. The molecule has 4 nitrogen and oxygen atoms in total. The number of hydrogen-bond acceptors (Lipinski definition) is 3. The molecule has 0 aliphatic carbocycles. The van der Waals surface area contributed by atoms with Crippen LogP contribution in [0, 0.1) is 0 Å². The maximum absolute atomic E-state index is 4.48. The Morgan fingerprint density at radius 2 is 2.27 bits per heavy atom. The van der Waals surface area contributed by atoms with E-state index < -0.39 is 0 Å². The van der Waals surface area contributed by atoms with E-state index in [2.05, 4.69) is 20.6 Å². The van der Waals surface area contributed by atoms with Crippen LogP contribution in [0.2, 0.25) is 0 Å². The molecule has 0 unspecified atom stereocenters. The molecule has 1 saturated heterocycles. The highest BCUT2D eigenvalue weighted by Crippen LogP contribution is 2.14. The number of rotatable bonds is 2. The minimum absolute atomic E-state index is 0.505. The summed E-state index contributed by atoms with van der Waals surface area (Å²) in [5.41, 5.74) is 2.11. The molecule has 0 spiro atoms. The molecule has 2 heterocycles. The number of aromatic nitrogens is 2. The van der Waals surface area contributed by atoms with Crippen LogP contribution in [0.1, 0.15) is 6.42 Å². The van der Waals surface area contributed by atoms with E-state index in [4.69, 9.17) is 0 Å². The number of hydrogen-bond donors (Lipinski definition) is 3. The molecule has 78 valence electrons. The Balaban J connectivity index is 1.84. The third-order valence-corrected chi connectivity index (χ3v) is 2.79. The summed E-state index contributed by atoms with van der Waals surface area (Å²) in [6, 6.07) is 8.58. The second-order valence-electron chi connectivity index (χ2n) is 3.94. The summed E-state index contributed by atoms with van der Waals surface area (Å²) in [7, 11) is 0. The molecular formula is C11H14N4. The molecule has 15 heavy (non-hydrogen) atoms. The van der Waals surface area contributed by atoms with Gasteiger partial charge in [0.1, 0.15) is 0 Å². The summed E-state index contributed by atoms with van der Waals surface area (Å²) in [4.78, 5) is 7.75. The highest BCUT2D eigenvalue weighted by atomic mass is 15.2. The van der Waals surface area contributed by atoms with Crippen molar-refractivity contribution < 1.29 is 0 Å². The number of benzene rings is 1. The zero-order chi connectivity index (χ0) is 10.1. The first kappa shape index (κ1) is 8.73. The van der Waals surface area contributed by atoms with E-state index in [0.29, 0.717) is 6.04 Å². The Morgan fingerprint density at radius 1 is 1.33 bits per heavy atom. The Bertz CT molecular complexity index is 423. The van der Waals surface area contributed by atoms with Gasteiger partial charge in [-0.25, -0.2) is 4.98 Å². The largest absolute Gasteiger partial charge is 0.352 e. The van der Waals surface area contributed by atoms with Gasteiger partial charge in [-0.2, -0.15) is 0 Å². The van der Waals surface area contributed by atoms with Crippen molar-refractivity contribution in [2.45, 2.75) is 12.5 Å². The Kier molecular flexibility index (Phi) is 2.07. The third kappa shape index (κ3) is 1.68. The maximum atomic E-state index is 4.48. The molecule has 3 rings (SSSR count). The molecule has 0 saturated carbocycles. The summed E-state index contributed by atoms with van der Waals surface area (Å²) in [6.07, 6.45) is 1.16. The van der Waals surface area contributed by atoms with Crippen LogP contribution in [-0.4, -0.2) is 29.1 Å². The predicted octanol–water partition coefficient (Wildman–Crippen LogP) is 1.34. The molecule has 1 fully saturated rings. The van der Waals surface area contributed by atoms with E-state index in [-0.39, 0.29) is 0 Å². The second kappa shape index (κ2) is 3.55. The monoisotopic (exact) mass is 202 g/mol. The lowest BCUT2D eigenvalue weighted by Gasteiger charge is -2.08. The summed E-state index contributed by atoms with van der Waals surface area (Å²) < 4.78 is 0. The van der Waals surface area contributed by atoms with Crippen LogP contribution in [0.3, 0.4) is 0 Å². The van der Waals surface area contributed by atoms with Crippen LogP contribution in [0.15, 0.2) is 24.3 Å². The maximum Gasteiger partial charge on any atom is 0.201 e. The molecule has 1 atom stereocenters. The van der Waals surface area contributed by atoms with Gasteiger partial charge in [0.15, 0.2) is 0 Å². The lowest BCUT2D eigenvalue weighted by Crippen LogP contribution is -2.22. The molecule has 1 aliphatic rings. The van der Waals surface area contributed by atoms with Crippen molar-refractivity contribution in [1.29, 1.82) is 0 Å². The van der Waals surface area contributed by atoms with Gasteiger partial charge in [0.05, 0.1) is 11.0 Å². The summed E-state index contributed by atoms with van der Waals surface area (Å²) >= 11 is 0. The molecule has 3 N–H and O–H groups in total. The Labute approximate surface area is 88.1 Å². The molecule has 1 aromatic heterocycles. The zero-order valence-corrected chi connectivity index (χ0v) is 8.46. The van der Waals surface area contributed by atoms with E-state index in [1.165, 1.54) is 0 Å². The van der Waals surface area contributed by atoms with E-state index in [0.717, 1.165) is 36.5 Å². The van der Waals surface area contributed by atoms with Gasteiger partial charge < -0.3 is 15.6 Å². The van der Waals surface area contributed by atoms with Gasteiger partial charge in [-0.3, -0.25) is 0 Å². The smallest absolute Gasteiger partial charge is 0.201 e. The fourth-order valence-electron chi connectivity index (χ4n) is 1.99. The standard InChI is InChI=1S/C11H14N4/c1-2-4-10-9(3-1)14-11(15-10)13-8-5-6-12-7-8/h1-4,8,12H,5-7H2,(H2,13,14,15)/t8-/m0/s1. The van der Waals surface area contributed by atoms with Crippen molar-refractivity contribution in [3.05, 3.63) is 24.3 Å². The minimum atomic E-state index is 0.505. The lowest BCUT2D eigenvalue weighted by atomic mass is 10.3. The number of H-pyrrole nitrogens is 1. The molecule has 0 amide bonds. The molecule has 1 aromatic carbocycles. The molecular weight excluding hydrogens is 188 g/mol. The van der Waals surface area contributed by atoms with Crippen molar-refractivity contribution in [3.8, 4) is 0 Å². The number of para-hydroxylation sites is 2.